The van der Waals surface area contributed by atoms with E-state index in [0.29, 0.717) is 37.7 Å². The number of thioether (sulfide) groups is 1. The van der Waals surface area contributed by atoms with E-state index in [1.54, 1.807) is 6.92 Å². The van der Waals surface area contributed by atoms with Crippen molar-refractivity contribution in [2.45, 2.75) is 25.9 Å². The van der Waals surface area contributed by atoms with Gasteiger partial charge < -0.3 is 15.0 Å². The first-order chi connectivity index (χ1) is 16.3. The van der Waals surface area contributed by atoms with E-state index in [4.69, 9.17) is 4.74 Å². The van der Waals surface area contributed by atoms with E-state index in [1.807, 2.05) is 49.6 Å². The number of aromatic nitrogens is 3. The van der Waals surface area contributed by atoms with E-state index in [0.717, 1.165) is 34.2 Å². The minimum absolute atomic E-state index is 0.0249. The van der Waals surface area contributed by atoms with Gasteiger partial charge in [-0.25, -0.2) is 14.8 Å². The van der Waals surface area contributed by atoms with Crippen molar-refractivity contribution >= 4 is 61.7 Å². The molecule has 1 amide bonds. The Morgan fingerprint density at radius 2 is 1.97 bits per heavy atom. The van der Waals surface area contributed by atoms with Crippen LogP contribution in [-0.2, 0) is 9.53 Å². The number of aromatic amines is 1. The summed E-state index contributed by atoms with van der Waals surface area (Å²) in [4.78, 5) is 49.9. The van der Waals surface area contributed by atoms with Crippen LogP contribution in [0.1, 0.15) is 29.2 Å². The summed E-state index contributed by atoms with van der Waals surface area (Å²) in [5, 5.41) is 5.83. The molecule has 1 aromatic carbocycles. The third kappa shape index (κ3) is 5.54. The fourth-order valence-electron chi connectivity index (χ4n) is 3.06. The monoisotopic (exact) mass is 514 g/mol. The zero-order valence-corrected chi connectivity index (χ0v) is 21.2. The molecule has 4 rings (SSSR count). The zero-order chi connectivity index (χ0) is 24.2. The van der Waals surface area contributed by atoms with Gasteiger partial charge in [-0.3, -0.25) is 9.59 Å². The summed E-state index contributed by atoms with van der Waals surface area (Å²) >= 11 is 3.59. The summed E-state index contributed by atoms with van der Waals surface area (Å²) in [6.45, 7) is 5.93. The molecule has 0 aliphatic carbocycles. The number of benzene rings is 1. The van der Waals surface area contributed by atoms with Crippen LogP contribution >= 0.6 is 34.4 Å². The van der Waals surface area contributed by atoms with Gasteiger partial charge in [0.2, 0.25) is 5.91 Å². The van der Waals surface area contributed by atoms with Crippen molar-refractivity contribution in [3.05, 3.63) is 56.6 Å². The fourth-order valence-corrected chi connectivity index (χ4v) is 5.61. The molecule has 34 heavy (non-hydrogen) atoms. The average molecular weight is 515 g/mol. The number of hydrogen-bond donors (Lipinski definition) is 2. The molecule has 0 aliphatic rings. The maximum absolute atomic E-state index is 12.7. The van der Waals surface area contributed by atoms with Gasteiger partial charge in [0.25, 0.3) is 5.56 Å². The second-order valence-corrected chi connectivity index (χ2v) is 10.7. The van der Waals surface area contributed by atoms with E-state index < -0.39 is 5.97 Å². The zero-order valence-electron chi connectivity index (χ0n) is 18.7. The van der Waals surface area contributed by atoms with E-state index in [1.165, 1.54) is 11.3 Å². The Morgan fingerprint density at radius 3 is 2.71 bits per heavy atom. The van der Waals surface area contributed by atoms with Crippen molar-refractivity contribution in [3.8, 4) is 11.1 Å². The number of thiazole rings is 1. The van der Waals surface area contributed by atoms with Crippen molar-refractivity contribution in [1.82, 2.24) is 15.0 Å². The number of fused-ring (bicyclic) bond motifs is 1. The van der Waals surface area contributed by atoms with E-state index >= 15 is 0 Å². The van der Waals surface area contributed by atoms with Gasteiger partial charge in [-0.15, -0.1) is 11.3 Å². The number of hydrogen-bond acceptors (Lipinski definition) is 9. The minimum atomic E-state index is -0.445. The molecule has 0 radical (unpaired) electrons. The number of ether oxygens (including phenoxy) is 1. The SMILES string of the molecule is Cc1nc(NC(=O)CSc2nc3scc(-c4ccccc4)c3c(=O)[nH]2)sc1C(=O)OCC(C)C. The summed E-state index contributed by atoms with van der Waals surface area (Å²) in [6.07, 6.45) is 0. The van der Waals surface area contributed by atoms with E-state index in [2.05, 4.69) is 20.3 Å². The Balaban J connectivity index is 1.41. The van der Waals surface area contributed by atoms with Crippen LogP contribution in [0.4, 0.5) is 5.13 Å². The molecule has 0 atom stereocenters. The Morgan fingerprint density at radius 1 is 1.21 bits per heavy atom. The quantitative estimate of drug-likeness (QED) is 0.194. The van der Waals surface area contributed by atoms with Gasteiger partial charge >= 0.3 is 5.97 Å². The van der Waals surface area contributed by atoms with Crippen molar-refractivity contribution in [2.24, 2.45) is 5.92 Å². The number of thiophene rings is 1. The highest BCUT2D eigenvalue weighted by molar-refractivity contribution is 7.99. The molecule has 0 aliphatic heterocycles. The van der Waals surface area contributed by atoms with Crippen LogP contribution in [0.25, 0.3) is 21.3 Å². The largest absolute Gasteiger partial charge is 0.461 e. The smallest absolute Gasteiger partial charge is 0.350 e. The van der Waals surface area contributed by atoms with Crippen LogP contribution in [0.3, 0.4) is 0 Å². The number of nitrogens with one attached hydrogen (secondary N) is 2. The van der Waals surface area contributed by atoms with Crippen LogP contribution in [0, 0.1) is 12.8 Å². The lowest BCUT2D eigenvalue weighted by Crippen LogP contribution is -2.15. The molecule has 0 saturated heterocycles. The van der Waals surface area contributed by atoms with Gasteiger partial charge in [-0.05, 0) is 18.4 Å². The lowest BCUT2D eigenvalue weighted by Gasteiger charge is -2.05. The van der Waals surface area contributed by atoms with Crippen molar-refractivity contribution in [2.75, 3.05) is 17.7 Å². The highest BCUT2D eigenvalue weighted by Crippen LogP contribution is 2.31. The van der Waals surface area contributed by atoms with Gasteiger partial charge in [-0.2, -0.15) is 0 Å². The Bertz CT molecular complexity index is 1390. The molecule has 2 N–H and O–H groups in total. The Hall–Kier alpha value is -3.02. The summed E-state index contributed by atoms with van der Waals surface area (Å²) in [5.74, 6) is -0.511. The van der Waals surface area contributed by atoms with E-state index in [9.17, 15) is 14.4 Å². The highest BCUT2D eigenvalue weighted by Gasteiger charge is 2.19. The third-order valence-electron chi connectivity index (χ3n) is 4.62. The maximum Gasteiger partial charge on any atom is 0.350 e. The number of H-pyrrole nitrogens is 1. The number of amides is 1. The topological polar surface area (TPSA) is 114 Å². The molecule has 3 heterocycles. The number of carbonyl (C=O) groups excluding carboxylic acids is 2. The fraction of sp³-hybridized carbons (Fsp3) is 0.261. The first-order valence-electron chi connectivity index (χ1n) is 10.5. The summed E-state index contributed by atoms with van der Waals surface area (Å²) < 4.78 is 5.24. The predicted octanol–water partition coefficient (Wildman–Crippen LogP) is 4.96. The molecular formula is C23H22N4O4S3. The molecule has 8 nitrogen and oxygen atoms in total. The summed E-state index contributed by atoms with van der Waals surface area (Å²) in [5.41, 5.74) is 2.05. The van der Waals surface area contributed by atoms with Gasteiger partial charge in [0.15, 0.2) is 10.3 Å². The van der Waals surface area contributed by atoms with Crippen LogP contribution < -0.4 is 10.9 Å². The molecule has 176 valence electrons. The van der Waals surface area contributed by atoms with Crippen LogP contribution in [0.15, 0.2) is 45.7 Å². The van der Waals surface area contributed by atoms with Gasteiger partial charge in [-0.1, -0.05) is 67.3 Å². The van der Waals surface area contributed by atoms with E-state index in [-0.39, 0.29) is 23.1 Å². The molecule has 0 unspecified atom stereocenters. The van der Waals surface area contributed by atoms with Crippen LogP contribution in [0.5, 0.6) is 0 Å². The number of aryl methyl sites for hydroxylation is 1. The number of esters is 1. The highest BCUT2D eigenvalue weighted by atomic mass is 32.2. The number of rotatable bonds is 8. The van der Waals surface area contributed by atoms with Crippen molar-refractivity contribution < 1.29 is 14.3 Å². The average Bonchev–Trinajstić information content (AvgIpc) is 3.40. The third-order valence-corrected chi connectivity index (χ3v) is 7.42. The summed E-state index contributed by atoms with van der Waals surface area (Å²) in [7, 11) is 0. The van der Waals surface area contributed by atoms with Gasteiger partial charge in [0.1, 0.15) is 9.71 Å². The molecule has 11 heteroatoms. The minimum Gasteiger partial charge on any atom is -0.461 e. The molecular weight excluding hydrogens is 492 g/mol. The van der Waals surface area contributed by atoms with Crippen molar-refractivity contribution in [1.29, 1.82) is 0 Å². The molecule has 3 aromatic heterocycles. The van der Waals surface area contributed by atoms with Crippen molar-refractivity contribution in [3.63, 3.8) is 0 Å². The molecule has 4 aromatic rings. The van der Waals surface area contributed by atoms with Crippen LogP contribution in [0.2, 0.25) is 0 Å². The summed E-state index contributed by atoms with van der Waals surface area (Å²) in [6, 6.07) is 9.66. The maximum atomic E-state index is 12.7. The second kappa shape index (κ2) is 10.5. The lowest BCUT2D eigenvalue weighted by atomic mass is 10.1. The first-order valence-corrected chi connectivity index (χ1v) is 13.1. The Kier molecular flexibility index (Phi) is 7.44. The first kappa shape index (κ1) is 24.1. The van der Waals surface area contributed by atoms with Gasteiger partial charge in [0, 0.05) is 10.9 Å². The number of carbonyl (C=O) groups is 2. The second-order valence-electron chi connectivity index (χ2n) is 7.83. The standard InChI is InChI=1S/C23H22N4O4S3/c1-12(2)9-31-21(30)18-13(3)24-23(34-18)25-16(28)11-33-22-26-19(29)17-15(10-32-20(17)27-22)14-7-5-4-6-8-14/h4-8,10,12H,9,11H2,1-3H3,(H,24,25,28)(H,26,27,29). The van der Waals surface area contributed by atoms with Gasteiger partial charge in [0.05, 0.1) is 23.4 Å². The van der Waals surface area contributed by atoms with Crippen LogP contribution in [-0.4, -0.2) is 39.2 Å². The molecule has 0 spiro atoms. The number of anilines is 1. The number of nitrogens with zero attached hydrogens (tertiary/aromatic N) is 2. The molecule has 0 fully saturated rings. The molecule has 0 bridgehead atoms. The normalized spacial score (nSPS) is 11.2. The predicted molar refractivity (Wildman–Crippen MR) is 137 cm³/mol. The lowest BCUT2D eigenvalue weighted by molar-refractivity contribution is -0.113. The molecule has 0 saturated carbocycles. The Labute approximate surface area is 207 Å².